The highest BCUT2D eigenvalue weighted by Crippen LogP contribution is 2.17. The van der Waals surface area contributed by atoms with Crippen molar-refractivity contribution in [1.29, 1.82) is 0 Å². The molecule has 1 aromatic carbocycles. The second-order valence-corrected chi connectivity index (χ2v) is 5.24. The van der Waals surface area contributed by atoms with E-state index < -0.39 is 0 Å². The highest BCUT2D eigenvalue weighted by Gasteiger charge is 2.08. The number of para-hydroxylation sites is 1. The van der Waals surface area contributed by atoms with Gasteiger partial charge < -0.3 is 15.8 Å². The number of nitrogens with one attached hydrogen (secondary N) is 1. The second kappa shape index (κ2) is 9.31. The summed E-state index contributed by atoms with van der Waals surface area (Å²) in [6.07, 6.45) is 0.939. The summed E-state index contributed by atoms with van der Waals surface area (Å²) in [6.45, 7) is 4.21. The minimum atomic E-state index is 0.0305. The molecule has 0 spiro atoms. The lowest BCUT2D eigenvalue weighted by atomic mass is 10.2. The zero-order chi connectivity index (χ0) is 15.7. The predicted molar refractivity (Wildman–Crippen MR) is 88.6 cm³/mol. The first-order valence-corrected chi connectivity index (χ1v) is 7.42. The number of hydrogen-bond donors (Lipinski definition) is 2. The number of amides is 1. The van der Waals surface area contributed by atoms with Crippen molar-refractivity contribution < 1.29 is 9.53 Å². The first-order chi connectivity index (χ1) is 10.0. The lowest BCUT2D eigenvalue weighted by Crippen LogP contribution is -2.37. The highest BCUT2D eigenvalue weighted by atomic mass is 32.1. The monoisotopic (exact) mass is 309 g/mol. The van der Waals surface area contributed by atoms with Gasteiger partial charge in [-0.05, 0) is 25.6 Å². The maximum atomic E-state index is 11.6. The summed E-state index contributed by atoms with van der Waals surface area (Å²) in [5.41, 5.74) is 6.38. The Hall–Kier alpha value is -1.66. The molecule has 21 heavy (non-hydrogen) atoms. The minimum absolute atomic E-state index is 0.0305. The summed E-state index contributed by atoms with van der Waals surface area (Å²) in [5, 5.41) is 2.84. The van der Waals surface area contributed by atoms with Crippen LogP contribution in [-0.4, -0.2) is 49.1 Å². The normalized spacial score (nSPS) is 10.4. The fourth-order valence-corrected chi connectivity index (χ4v) is 1.92. The lowest BCUT2D eigenvalue weighted by molar-refractivity contribution is -0.122. The summed E-state index contributed by atoms with van der Waals surface area (Å²) in [7, 11) is 1.88. The van der Waals surface area contributed by atoms with Gasteiger partial charge in [-0.1, -0.05) is 31.3 Å². The third-order valence-electron chi connectivity index (χ3n) is 2.87. The van der Waals surface area contributed by atoms with Crippen LogP contribution in [0, 0.1) is 0 Å². The second-order valence-electron chi connectivity index (χ2n) is 4.80. The molecule has 0 bridgehead atoms. The van der Waals surface area contributed by atoms with Crippen molar-refractivity contribution in [2.24, 2.45) is 5.73 Å². The molecule has 0 aliphatic carbocycles. The molecule has 6 heteroatoms. The van der Waals surface area contributed by atoms with Gasteiger partial charge in [-0.2, -0.15) is 0 Å². The Morgan fingerprint density at radius 1 is 1.43 bits per heavy atom. The molecule has 0 atom stereocenters. The number of nitrogens with two attached hydrogens (primary N) is 1. The summed E-state index contributed by atoms with van der Waals surface area (Å²) < 4.78 is 5.69. The number of ether oxygens (including phenoxy) is 1. The molecule has 0 fully saturated rings. The van der Waals surface area contributed by atoms with E-state index in [0.29, 0.717) is 37.0 Å². The highest BCUT2D eigenvalue weighted by molar-refractivity contribution is 7.80. The van der Waals surface area contributed by atoms with E-state index in [1.54, 1.807) is 0 Å². The van der Waals surface area contributed by atoms with Gasteiger partial charge in [0.05, 0.1) is 12.1 Å². The maximum absolute atomic E-state index is 11.6. The van der Waals surface area contributed by atoms with Crippen LogP contribution in [-0.2, 0) is 4.79 Å². The number of rotatable bonds is 9. The van der Waals surface area contributed by atoms with Crippen LogP contribution in [0.2, 0.25) is 0 Å². The molecule has 0 aliphatic rings. The van der Waals surface area contributed by atoms with Crippen molar-refractivity contribution in [2.75, 3.05) is 33.3 Å². The van der Waals surface area contributed by atoms with Gasteiger partial charge in [0.25, 0.3) is 0 Å². The van der Waals surface area contributed by atoms with E-state index in [9.17, 15) is 4.79 Å². The molecule has 1 aromatic rings. The number of nitrogens with zero attached hydrogens (tertiary/aromatic N) is 1. The fraction of sp³-hybridized carbons (Fsp3) is 0.467. The Balaban J connectivity index is 2.36. The summed E-state index contributed by atoms with van der Waals surface area (Å²) >= 11 is 4.98. The predicted octanol–water partition coefficient (Wildman–Crippen LogP) is 1.16. The molecule has 3 N–H and O–H groups in total. The molecule has 0 saturated heterocycles. The van der Waals surface area contributed by atoms with Crippen LogP contribution in [0.25, 0.3) is 0 Å². The molecular formula is C15H23N3O2S. The third-order valence-corrected chi connectivity index (χ3v) is 3.09. The molecule has 0 aliphatic heterocycles. The number of thiocarbonyl (C=S) groups is 1. The molecule has 0 aromatic heterocycles. The summed E-state index contributed by atoms with van der Waals surface area (Å²) in [4.78, 5) is 13.8. The molecule has 0 radical (unpaired) electrons. The Morgan fingerprint density at radius 2 is 2.14 bits per heavy atom. The van der Waals surface area contributed by atoms with Crippen LogP contribution in [0.15, 0.2) is 24.3 Å². The van der Waals surface area contributed by atoms with Crippen LogP contribution in [0.5, 0.6) is 5.75 Å². The quantitative estimate of drug-likeness (QED) is 0.670. The number of benzene rings is 1. The van der Waals surface area contributed by atoms with Gasteiger partial charge in [0.15, 0.2) is 0 Å². The number of carbonyl (C=O) groups is 1. The first-order valence-electron chi connectivity index (χ1n) is 7.01. The summed E-state index contributed by atoms with van der Waals surface area (Å²) in [6, 6.07) is 7.41. The molecular weight excluding hydrogens is 286 g/mol. The van der Waals surface area contributed by atoms with Crippen LogP contribution in [0.4, 0.5) is 0 Å². The van der Waals surface area contributed by atoms with E-state index in [2.05, 4.69) is 5.32 Å². The van der Waals surface area contributed by atoms with E-state index in [1.807, 2.05) is 43.1 Å². The van der Waals surface area contributed by atoms with E-state index in [1.165, 1.54) is 0 Å². The van der Waals surface area contributed by atoms with Gasteiger partial charge in [-0.25, -0.2) is 0 Å². The molecule has 0 saturated carbocycles. The van der Waals surface area contributed by atoms with Crippen LogP contribution >= 0.6 is 12.2 Å². The van der Waals surface area contributed by atoms with Gasteiger partial charge in [-0.3, -0.25) is 9.69 Å². The van der Waals surface area contributed by atoms with Crippen LogP contribution in [0.1, 0.15) is 18.9 Å². The van der Waals surface area contributed by atoms with Crippen molar-refractivity contribution >= 4 is 23.1 Å². The molecule has 0 heterocycles. The van der Waals surface area contributed by atoms with Crippen molar-refractivity contribution in [2.45, 2.75) is 13.3 Å². The number of carbonyl (C=O) groups excluding carboxylic acids is 1. The van der Waals surface area contributed by atoms with Gasteiger partial charge in [0, 0.05) is 13.1 Å². The Kier molecular flexibility index (Phi) is 7.71. The topological polar surface area (TPSA) is 67.6 Å². The van der Waals surface area contributed by atoms with E-state index in [-0.39, 0.29) is 5.91 Å². The Bertz CT molecular complexity index is 480. The molecule has 1 amide bonds. The van der Waals surface area contributed by atoms with Crippen LogP contribution < -0.4 is 15.8 Å². The van der Waals surface area contributed by atoms with Crippen molar-refractivity contribution in [3.05, 3.63) is 29.8 Å². The fourth-order valence-electron chi connectivity index (χ4n) is 1.75. The van der Waals surface area contributed by atoms with Crippen molar-refractivity contribution in [3.63, 3.8) is 0 Å². The average molecular weight is 309 g/mol. The maximum Gasteiger partial charge on any atom is 0.234 e. The zero-order valence-corrected chi connectivity index (χ0v) is 13.4. The van der Waals surface area contributed by atoms with Crippen molar-refractivity contribution in [3.8, 4) is 5.75 Å². The molecule has 0 unspecified atom stereocenters. The molecule has 1 rings (SSSR count). The van der Waals surface area contributed by atoms with Crippen molar-refractivity contribution in [1.82, 2.24) is 10.2 Å². The first kappa shape index (κ1) is 17.4. The van der Waals surface area contributed by atoms with Crippen LogP contribution in [0.3, 0.4) is 0 Å². The molecule has 5 nitrogen and oxygen atoms in total. The SMILES string of the molecule is CCCNC(=O)CN(C)CCOc1ccccc1C(N)=S. The molecule has 116 valence electrons. The van der Waals surface area contributed by atoms with Gasteiger partial charge in [0.2, 0.25) is 5.91 Å². The van der Waals surface area contributed by atoms with Gasteiger partial charge in [0.1, 0.15) is 17.3 Å². The Labute approximate surface area is 131 Å². The average Bonchev–Trinajstić information content (AvgIpc) is 2.45. The van der Waals surface area contributed by atoms with E-state index in [4.69, 9.17) is 22.7 Å². The van der Waals surface area contributed by atoms with Gasteiger partial charge in [-0.15, -0.1) is 0 Å². The smallest absolute Gasteiger partial charge is 0.234 e. The van der Waals surface area contributed by atoms with E-state index in [0.717, 1.165) is 12.0 Å². The minimum Gasteiger partial charge on any atom is -0.492 e. The third kappa shape index (κ3) is 6.55. The summed E-state index contributed by atoms with van der Waals surface area (Å²) in [5.74, 6) is 0.705. The Morgan fingerprint density at radius 3 is 2.81 bits per heavy atom. The zero-order valence-electron chi connectivity index (χ0n) is 12.6. The number of hydrogen-bond acceptors (Lipinski definition) is 4. The standard InChI is InChI=1S/C15H23N3O2S/c1-3-8-17-14(19)11-18(2)9-10-20-13-7-5-4-6-12(13)15(16)21/h4-7H,3,8-11H2,1-2H3,(H2,16,21)(H,17,19). The van der Waals surface area contributed by atoms with Gasteiger partial charge >= 0.3 is 0 Å². The van der Waals surface area contributed by atoms with E-state index >= 15 is 0 Å². The lowest BCUT2D eigenvalue weighted by Gasteiger charge is -2.17. The largest absolute Gasteiger partial charge is 0.492 e. The number of likely N-dealkylation sites (N-methyl/N-ethyl adjacent to an activating group) is 1.